The van der Waals surface area contributed by atoms with Crippen LogP contribution in [0.3, 0.4) is 0 Å². The third-order valence-electron chi connectivity index (χ3n) is 4.85. The molecule has 1 aromatic heterocycles. The number of rotatable bonds is 5. The number of alkyl halides is 3. The van der Waals surface area contributed by atoms with Gasteiger partial charge in [-0.25, -0.2) is 14.1 Å². The third-order valence-corrected chi connectivity index (χ3v) is 5.24. The van der Waals surface area contributed by atoms with Crippen molar-refractivity contribution in [3.8, 4) is 22.8 Å². The second-order valence-electron chi connectivity index (χ2n) is 6.92. The Balaban J connectivity index is 1.87. The van der Waals surface area contributed by atoms with Gasteiger partial charge in [0.05, 0.1) is 17.3 Å². The lowest BCUT2D eigenvalue weighted by molar-refractivity contribution is -0.139. The van der Waals surface area contributed by atoms with Crippen molar-refractivity contribution in [3.05, 3.63) is 58.6 Å². The molecule has 0 saturated carbocycles. The Hall–Kier alpha value is -2.65. The predicted molar refractivity (Wildman–Crippen MR) is 106 cm³/mol. The summed E-state index contributed by atoms with van der Waals surface area (Å²) in [4.78, 5) is 4.43. The molecule has 1 unspecified atom stereocenters. The third kappa shape index (κ3) is 4.24. The topological polar surface area (TPSA) is 49.2 Å². The average molecular weight is 456 g/mol. The maximum atomic E-state index is 14.0. The Morgan fingerprint density at radius 2 is 1.94 bits per heavy atom. The Morgan fingerprint density at radius 1 is 1.19 bits per heavy atom. The molecule has 0 amide bonds. The molecule has 0 N–H and O–H groups in total. The highest BCUT2D eigenvalue weighted by Gasteiger charge is 2.38. The van der Waals surface area contributed by atoms with Crippen molar-refractivity contribution in [2.45, 2.75) is 32.0 Å². The van der Waals surface area contributed by atoms with Crippen LogP contribution in [-0.2, 0) is 10.9 Å². The van der Waals surface area contributed by atoms with Gasteiger partial charge in [0.25, 0.3) is 0 Å². The zero-order valence-electron chi connectivity index (χ0n) is 16.4. The Kier molecular flexibility index (Phi) is 5.90. The number of aromatic nitrogens is 3. The largest absolute Gasteiger partial charge is 0.494 e. The van der Waals surface area contributed by atoms with Gasteiger partial charge in [-0.2, -0.15) is 13.2 Å². The van der Waals surface area contributed by atoms with E-state index in [0.717, 1.165) is 12.5 Å². The van der Waals surface area contributed by atoms with Crippen molar-refractivity contribution in [1.82, 2.24) is 14.8 Å². The van der Waals surface area contributed by atoms with Crippen molar-refractivity contribution < 1.29 is 27.0 Å². The van der Waals surface area contributed by atoms with Crippen molar-refractivity contribution in [1.29, 1.82) is 0 Å². The molecule has 0 radical (unpaired) electrons. The van der Waals surface area contributed by atoms with Crippen molar-refractivity contribution >= 4 is 11.6 Å². The van der Waals surface area contributed by atoms with Gasteiger partial charge in [0.2, 0.25) is 0 Å². The first-order valence-corrected chi connectivity index (χ1v) is 10.0. The standard InChI is InChI=1S/C21H18ClF4N3O2/c1-2-30-13-7-5-12(6-8-13)29-20(27-19(28-29)16-4-3-11-31-16)14-9-10-15(23)17(18(14)22)21(24,25)26/h5-10,16H,2-4,11H2,1H3. The van der Waals surface area contributed by atoms with Gasteiger partial charge in [-0.3, -0.25) is 0 Å². The second kappa shape index (κ2) is 8.47. The van der Waals surface area contributed by atoms with Crippen LogP contribution in [0, 0.1) is 5.82 Å². The van der Waals surface area contributed by atoms with E-state index in [1.165, 1.54) is 10.7 Å². The number of halogens is 5. The average Bonchev–Trinajstić information content (AvgIpc) is 3.38. The molecule has 31 heavy (non-hydrogen) atoms. The molecule has 1 aliphatic rings. The molecule has 5 nitrogen and oxygen atoms in total. The number of hydrogen-bond donors (Lipinski definition) is 0. The fraction of sp³-hybridized carbons (Fsp3) is 0.333. The quantitative estimate of drug-likeness (QED) is 0.443. The summed E-state index contributed by atoms with van der Waals surface area (Å²) in [7, 11) is 0. The Bertz CT molecular complexity index is 1080. The van der Waals surface area contributed by atoms with Crippen LogP contribution in [0.2, 0.25) is 5.02 Å². The molecule has 1 atom stereocenters. The number of ether oxygens (including phenoxy) is 2. The van der Waals surface area contributed by atoms with Crippen LogP contribution < -0.4 is 4.74 Å². The SMILES string of the molecule is CCOc1ccc(-n2nc(C3CCCO3)nc2-c2ccc(F)c(C(F)(F)F)c2Cl)cc1. The lowest BCUT2D eigenvalue weighted by atomic mass is 10.1. The van der Waals surface area contributed by atoms with Crippen LogP contribution >= 0.6 is 11.6 Å². The zero-order chi connectivity index (χ0) is 22.2. The van der Waals surface area contributed by atoms with E-state index in [0.29, 0.717) is 36.9 Å². The monoisotopic (exact) mass is 455 g/mol. The van der Waals surface area contributed by atoms with Gasteiger partial charge in [0, 0.05) is 12.2 Å². The van der Waals surface area contributed by atoms with Crippen molar-refractivity contribution in [2.75, 3.05) is 13.2 Å². The van der Waals surface area contributed by atoms with E-state index >= 15 is 0 Å². The minimum absolute atomic E-state index is 0.0603. The summed E-state index contributed by atoms with van der Waals surface area (Å²) in [6.07, 6.45) is -3.81. The van der Waals surface area contributed by atoms with Gasteiger partial charge in [-0.15, -0.1) is 5.10 Å². The van der Waals surface area contributed by atoms with Crippen LogP contribution in [0.4, 0.5) is 17.6 Å². The molecule has 2 aromatic carbocycles. The Morgan fingerprint density at radius 3 is 2.55 bits per heavy atom. The number of benzene rings is 2. The normalized spacial score (nSPS) is 16.6. The first-order chi connectivity index (χ1) is 14.8. The Labute approximate surface area is 180 Å². The minimum Gasteiger partial charge on any atom is -0.494 e. The summed E-state index contributed by atoms with van der Waals surface area (Å²) in [5.74, 6) is -0.431. The molecule has 4 rings (SSSR count). The lowest BCUT2D eigenvalue weighted by Crippen LogP contribution is -2.10. The summed E-state index contributed by atoms with van der Waals surface area (Å²) in [6, 6.07) is 8.72. The summed E-state index contributed by atoms with van der Waals surface area (Å²) in [6.45, 7) is 2.89. The number of nitrogens with zero attached hydrogens (tertiary/aromatic N) is 3. The van der Waals surface area contributed by atoms with Crippen LogP contribution in [0.15, 0.2) is 36.4 Å². The molecular formula is C21H18ClF4N3O2. The highest BCUT2D eigenvalue weighted by Crippen LogP contribution is 2.42. The first-order valence-electron chi connectivity index (χ1n) is 9.67. The van der Waals surface area contributed by atoms with Gasteiger partial charge >= 0.3 is 6.18 Å². The van der Waals surface area contributed by atoms with E-state index < -0.39 is 22.6 Å². The van der Waals surface area contributed by atoms with Gasteiger partial charge in [0.1, 0.15) is 23.2 Å². The fourth-order valence-corrected chi connectivity index (χ4v) is 3.78. The maximum Gasteiger partial charge on any atom is 0.420 e. The van der Waals surface area contributed by atoms with E-state index in [4.69, 9.17) is 21.1 Å². The molecule has 0 spiro atoms. The molecule has 3 aromatic rings. The van der Waals surface area contributed by atoms with Gasteiger partial charge in [-0.1, -0.05) is 11.6 Å². The van der Waals surface area contributed by atoms with E-state index in [-0.39, 0.29) is 17.5 Å². The summed E-state index contributed by atoms with van der Waals surface area (Å²) >= 11 is 6.04. The van der Waals surface area contributed by atoms with Crippen LogP contribution in [0.1, 0.15) is 37.3 Å². The van der Waals surface area contributed by atoms with Crippen LogP contribution in [0.5, 0.6) is 5.75 Å². The van der Waals surface area contributed by atoms with E-state index in [1.807, 2.05) is 6.92 Å². The highest BCUT2D eigenvalue weighted by atomic mass is 35.5. The zero-order valence-corrected chi connectivity index (χ0v) is 17.2. The maximum absolute atomic E-state index is 14.0. The molecule has 1 saturated heterocycles. The van der Waals surface area contributed by atoms with Gasteiger partial charge in [0.15, 0.2) is 11.6 Å². The lowest BCUT2D eigenvalue weighted by Gasteiger charge is -2.14. The smallest absolute Gasteiger partial charge is 0.420 e. The molecule has 10 heteroatoms. The van der Waals surface area contributed by atoms with Crippen molar-refractivity contribution in [3.63, 3.8) is 0 Å². The van der Waals surface area contributed by atoms with Crippen molar-refractivity contribution in [2.24, 2.45) is 0 Å². The molecule has 2 heterocycles. The van der Waals surface area contributed by atoms with E-state index in [2.05, 4.69) is 10.1 Å². The molecule has 0 bridgehead atoms. The van der Waals surface area contributed by atoms with Crippen LogP contribution in [-0.4, -0.2) is 28.0 Å². The minimum atomic E-state index is -4.96. The number of hydrogen-bond acceptors (Lipinski definition) is 4. The first kappa shape index (κ1) is 21.6. The second-order valence-corrected chi connectivity index (χ2v) is 7.29. The molecule has 0 aliphatic carbocycles. The molecule has 1 fully saturated rings. The summed E-state index contributed by atoms with van der Waals surface area (Å²) in [5.41, 5.74) is -1.09. The van der Waals surface area contributed by atoms with E-state index in [9.17, 15) is 17.6 Å². The van der Waals surface area contributed by atoms with Gasteiger partial charge < -0.3 is 9.47 Å². The molecular weight excluding hydrogens is 438 g/mol. The van der Waals surface area contributed by atoms with Gasteiger partial charge in [-0.05, 0) is 56.2 Å². The predicted octanol–water partition coefficient (Wildman–Crippen LogP) is 6.00. The van der Waals surface area contributed by atoms with Crippen LogP contribution in [0.25, 0.3) is 17.1 Å². The summed E-state index contributed by atoms with van der Waals surface area (Å²) in [5, 5.41) is 3.70. The van der Waals surface area contributed by atoms with E-state index in [1.54, 1.807) is 24.3 Å². The fourth-order valence-electron chi connectivity index (χ4n) is 3.44. The molecule has 164 valence electrons. The summed E-state index contributed by atoms with van der Waals surface area (Å²) < 4.78 is 66.6. The highest BCUT2D eigenvalue weighted by molar-refractivity contribution is 6.34. The molecule has 1 aliphatic heterocycles.